The number of rotatable bonds is 8. The number of imidazole rings is 1. The van der Waals surface area contributed by atoms with Gasteiger partial charge in [-0.25, -0.2) is 9.50 Å². The molecular formula is C26H30N6O2. The van der Waals surface area contributed by atoms with Gasteiger partial charge in [-0.2, -0.15) is 10.2 Å². The Hall–Kier alpha value is -3.52. The Morgan fingerprint density at radius 1 is 1.21 bits per heavy atom. The van der Waals surface area contributed by atoms with Gasteiger partial charge in [-0.05, 0) is 63.3 Å². The van der Waals surface area contributed by atoms with E-state index < -0.39 is 5.60 Å². The van der Waals surface area contributed by atoms with Crippen LogP contribution < -0.4 is 5.32 Å². The number of aromatic nitrogens is 5. The zero-order valence-corrected chi connectivity index (χ0v) is 20.0. The lowest BCUT2D eigenvalue weighted by atomic mass is 9.98. The van der Waals surface area contributed by atoms with E-state index in [9.17, 15) is 9.90 Å². The van der Waals surface area contributed by atoms with E-state index in [4.69, 9.17) is 5.10 Å². The molecule has 5 rings (SSSR count). The van der Waals surface area contributed by atoms with Gasteiger partial charge < -0.3 is 10.4 Å². The summed E-state index contributed by atoms with van der Waals surface area (Å²) >= 11 is 0. The Kier molecular flexibility index (Phi) is 5.48. The fourth-order valence-corrected chi connectivity index (χ4v) is 4.19. The van der Waals surface area contributed by atoms with E-state index >= 15 is 0 Å². The third-order valence-corrected chi connectivity index (χ3v) is 6.26. The van der Waals surface area contributed by atoms with Crippen molar-refractivity contribution in [1.82, 2.24) is 24.4 Å². The van der Waals surface area contributed by atoms with Crippen molar-refractivity contribution in [3.05, 3.63) is 53.9 Å². The monoisotopic (exact) mass is 458 g/mol. The van der Waals surface area contributed by atoms with Crippen molar-refractivity contribution < 1.29 is 9.90 Å². The van der Waals surface area contributed by atoms with Gasteiger partial charge in [0.05, 0.1) is 28.9 Å². The van der Waals surface area contributed by atoms with E-state index in [1.807, 2.05) is 48.8 Å². The Labute approximate surface area is 198 Å². The quantitative estimate of drug-likeness (QED) is 0.383. The number of hydrogen-bond donors (Lipinski definition) is 2. The van der Waals surface area contributed by atoms with Crippen molar-refractivity contribution in [1.29, 1.82) is 0 Å². The van der Waals surface area contributed by atoms with E-state index in [1.54, 1.807) is 30.9 Å². The van der Waals surface area contributed by atoms with Crippen molar-refractivity contribution >= 4 is 17.1 Å². The van der Waals surface area contributed by atoms with Crippen molar-refractivity contribution in [3.8, 4) is 22.6 Å². The van der Waals surface area contributed by atoms with Crippen molar-refractivity contribution in [2.45, 2.75) is 45.6 Å². The summed E-state index contributed by atoms with van der Waals surface area (Å²) in [6, 6.07) is 9.77. The summed E-state index contributed by atoms with van der Waals surface area (Å²) in [5.41, 5.74) is 5.67. The molecule has 8 nitrogen and oxygen atoms in total. The minimum absolute atomic E-state index is 0.222. The number of benzene rings is 1. The van der Waals surface area contributed by atoms with Gasteiger partial charge in [0, 0.05) is 37.3 Å². The number of nitrogens with one attached hydrogen (secondary N) is 1. The summed E-state index contributed by atoms with van der Waals surface area (Å²) in [4.78, 5) is 17.3. The van der Waals surface area contributed by atoms with Crippen LogP contribution in [0.15, 0.2) is 42.7 Å². The largest absolute Gasteiger partial charge is 0.389 e. The van der Waals surface area contributed by atoms with Crippen molar-refractivity contribution in [2.24, 2.45) is 13.0 Å². The minimum atomic E-state index is -0.887. The molecule has 1 aliphatic carbocycles. The van der Waals surface area contributed by atoms with E-state index in [1.165, 1.54) is 12.8 Å². The highest BCUT2D eigenvalue weighted by Gasteiger charge is 2.26. The second-order valence-electron chi connectivity index (χ2n) is 9.93. The molecule has 0 radical (unpaired) electrons. The van der Waals surface area contributed by atoms with Gasteiger partial charge in [0.1, 0.15) is 5.69 Å². The molecule has 0 atom stereocenters. The number of nitrogens with zero attached hydrogens (tertiary/aromatic N) is 5. The molecule has 0 amide bonds. The molecule has 0 spiro atoms. The van der Waals surface area contributed by atoms with Gasteiger partial charge in [-0.1, -0.05) is 12.1 Å². The number of fused-ring (bicyclic) bond motifs is 1. The van der Waals surface area contributed by atoms with Crippen LogP contribution in [0.1, 0.15) is 49.0 Å². The first-order valence-electron chi connectivity index (χ1n) is 11.7. The van der Waals surface area contributed by atoms with Gasteiger partial charge in [0.25, 0.3) is 0 Å². The molecule has 34 heavy (non-hydrogen) atoms. The van der Waals surface area contributed by atoms with Crippen LogP contribution in [0, 0.1) is 12.8 Å². The zero-order valence-electron chi connectivity index (χ0n) is 20.0. The lowest BCUT2D eigenvalue weighted by Crippen LogP contribution is -2.29. The fraction of sp³-hybridized carbons (Fsp3) is 0.385. The maximum Gasteiger partial charge on any atom is 0.177 e. The molecule has 0 saturated heterocycles. The molecule has 1 aliphatic rings. The lowest BCUT2D eigenvalue weighted by Gasteiger charge is -2.19. The average molecular weight is 459 g/mol. The third-order valence-electron chi connectivity index (χ3n) is 6.26. The molecule has 1 saturated carbocycles. The first kappa shape index (κ1) is 22.3. The maximum absolute atomic E-state index is 12.7. The minimum Gasteiger partial charge on any atom is -0.389 e. The van der Waals surface area contributed by atoms with Gasteiger partial charge in [-0.15, -0.1) is 0 Å². The van der Waals surface area contributed by atoms with Crippen LogP contribution in [-0.2, 0) is 7.05 Å². The van der Waals surface area contributed by atoms with Gasteiger partial charge in [0.2, 0.25) is 0 Å². The second-order valence-corrected chi connectivity index (χ2v) is 9.93. The Balaban J connectivity index is 1.58. The highest BCUT2D eigenvalue weighted by molar-refractivity contribution is 5.98. The van der Waals surface area contributed by atoms with Crippen molar-refractivity contribution in [3.63, 3.8) is 0 Å². The zero-order chi connectivity index (χ0) is 24.0. The number of carbonyl (C=O) groups is 1. The summed E-state index contributed by atoms with van der Waals surface area (Å²) in [7, 11) is 1.88. The highest BCUT2D eigenvalue weighted by Crippen LogP contribution is 2.34. The van der Waals surface area contributed by atoms with E-state index in [2.05, 4.69) is 15.4 Å². The molecule has 0 unspecified atom stereocenters. The van der Waals surface area contributed by atoms with Crippen LogP contribution in [0.3, 0.4) is 0 Å². The van der Waals surface area contributed by atoms with E-state index in [0.717, 1.165) is 39.5 Å². The van der Waals surface area contributed by atoms with Crippen LogP contribution in [0.4, 0.5) is 5.69 Å². The Bertz CT molecular complexity index is 1370. The Morgan fingerprint density at radius 2 is 2.00 bits per heavy atom. The van der Waals surface area contributed by atoms with Crippen molar-refractivity contribution in [2.75, 3.05) is 11.9 Å². The lowest BCUT2D eigenvalue weighted by molar-refractivity contribution is 0.0944. The standard InChI is InChI=1S/C26H30N6O2/c1-16-11-18(7-8-19(16)24(33)12-17-5-6-17)23-14-27-25-21(28-15-26(2,3)34)13-20(30-32(23)25)22-9-10-29-31(22)4/h7-11,13-14,17,28,34H,5-6,12,15H2,1-4H3. The second kappa shape index (κ2) is 8.36. The molecule has 2 N–H and O–H groups in total. The molecule has 8 heteroatoms. The molecule has 3 aromatic heterocycles. The molecule has 0 bridgehead atoms. The molecule has 4 aromatic rings. The van der Waals surface area contributed by atoms with Crippen LogP contribution in [-0.4, -0.2) is 47.4 Å². The van der Waals surface area contributed by atoms with Crippen LogP contribution >= 0.6 is 0 Å². The number of Topliss-reactive ketones (excluding diaryl/α,β-unsaturated/α-hetero) is 1. The third kappa shape index (κ3) is 4.46. The predicted molar refractivity (Wildman–Crippen MR) is 132 cm³/mol. The number of ketones is 1. The first-order chi connectivity index (χ1) is 16.2. The number of aliphatic hydroxyl groups is 1. The normalized spacial score (nSPS) is 14.0. The van der Waals surface area contributed by atoms with Crippen LogP contribution in [0.5, 0.6) is 0 Å². The number of aryl methyl sites for hydroxylation is 2. The summed E-state index contributed by atoms with van der Waals surface area (Å²) < 4.78 is 3.59. The summed E-state index contributed by atoms with van der Waals surface area (Å²) in [6.07, 6.45) is 6.51. The number of hydrogen-bond acceptors (Lipinski definition) is 6. The van der Waals surface area contributed by atoms with E-state index in [0.29, 0.717) is 24.5 Å². The molecular weight excluding hydrogens is 428 g/mol. The number of carbonyl (C=O) groups excluding carboxylic acids is 1. The fourth-order valence-electron chi connectivity index (χ4n) is 4.19. The SMILES string of the molecule is Cc1cc(-c2cnc3c(NCC(C)(C)O)cc(-c4ccnn4C)nn23)ccc1C(=O)CC1CC1. The number of anilines is 1. The summed E-state index contributed by atoms with van der Waals surface area (Å²) in [5, 5.41) is 22.7. The predicted octanol–water partition coefficient (Wildman–Crippen LogP) is 4.27. The molecule has 0 aliphatic heterocycles. The van der Waals surface area contributed by atoms with Gasteiger partial charge in [-0.3, -0.25) is 9.48 Å². The summed E-state index contributed by atoms with van der Waals surface area (Å²) in [6.45, 7) is 5.85. The maximum atomic E-state index is 12.7. The smallest absolute Gasteiger partial charge is 0.177 e. The topological polar surface area (TPSA) is 97.3 Å². The molecule has 3 heterocycles. The molecule has 1 aromatic carbocycles. The van der Waals surface area contributed by atoms with E-state index in [-0.39, 0.29) is 5.78 Å². The van der Waals surface area contributed by atoms with Crippen LogP contribution in [0.25, 0.3) is 28.3 Å². The first-order valence-corrected chi connectivity index (χ1v) is 11.7. The molecule has 1 fully saturated rings. The Morgan fingerprint density at radius 3 is 2.65 bits per heavy atom. The highest BCUT2D eigenvalue weighted by atomic mass is 16.3. The van der Waals surface area contributed by atoms with Gasteiger partial charge >= 0.3 is 0 Å². The summed E-state index contributed by atoms with van der Waals surface area (Å²) in [5.74, 6) is 0.786. The van der Waals surface area contributed by atoms with Crippen LogP contribution in [0.2, 0.25) is 0 Å². The molecule has 176 valence electrons. The van der Waals surface area contributed by atoms with Gasteiger partial charge in [0.15, 0.2) is 11.4 Å². The average Bonchev–Trinajstić information content (AvgIpc) is 3.31.